The van der Waals surface area contributed by atoms with E-state index in [0.29, 0.717) is 6.42 Å². The van der Waals surface area contributed by atoms with Gasteiger partial charge in [-0.1, -0.05) is 130 Å². The monoisotopic (exact) mass is 740 g/mol. The van der Waals surface area contributed by atoms with Crippen LogP contribution in [-0.4, -0.2) is 87.5 Å². The fourth-order valence-corrected chi connectivity index (χ4v) is 5.16. The standard InChI is InChI=1S/C44H69NO8/c1-3-5-7-9-11-12-13-14-15-16-17-18-19-20-21-22-23-24-25-26-28-30-32-34-40(48)45-37(38(47)33-31-29-27-10-8-6-4-2)36-52-44-43(51)42(50)41(49)39(35-46)53-44/h5,7-8,10-12,14-15,17-18,20-21,23-24,26,28,31,33,37-39,41-44,46-47,49-51H,3-4,6,9,13,16,19,22,25,27,29-30,32,34-36H2,1-2H3,(H,45,48)/b7-5-,10-8+,12-11-,15-14-,18-17-,21-20-,24-23-,28-26-,33-31+. The van der Waals surface area contributed by atoms with E-state index in [2.05, 4.69) is 116 Å². The molecule has 6 N–H and O–H groups in total. The number of aliphatic hydroxyl groups excluding tert-OH is 5. The molecule has 298 valence electrons. The molecule has 0 aromatic carbocycles. The SMILES string of the molecule is CC/C=C\C/C=C\C/C=C\C/C=C\C/C=C\C/C=C\C/C=C\CCCC(=O)NC(COC1OC(CO)C(O)C(O)C1O)C(O)/C=C/CC/C=C/CCC. The van der Waals surface area contributed by atoms with Crippen molar-refractivity contribution in [3.05, 3.63) is 109 Å². The Labute approximate surface area is 319 Å². The second-order valence-corrected chi connectivity index (χ2v) is 13.0. The molecule has 1 amide bonds. The highest BCUT2D eigenvalue weighted by atomic mass is 16.7. The van der Waals surface area contributed by atoms with Crippen LogP contribution in [0.15, 0.2) is 109 Å². The predicted molar refractivity (Wildman–Crippen MR) is 216 cm³/mol. The zero-order chi connectivity index (χ0) is 38.8. The van der Waals surface area contributed by atoms with E-state index in [-0.39, 0.29) is 18.9 Å². The van der Waals surface area contributed by atoms with Crippen molar-refractivity contribution in [1.29, 1.82) is 0 Å². The molecule has 1 heterocycles. The van der Waals surface area contributed by atoms with Gasteiger partial charge >= 0.3 is 0 Å². The Morgan fingerprint density at radius 1 is 0.660 bits per heavy atom. The fourth-order valence-electron chi connectivity index (χ4n) is 5.16. The summed E-state index contributed by atoms with van der Waals surface area (Å²) in [5, 5.41) is 53.6. The summed E-state index contributed by atoms with van der Waals surface area (Å²) in [7, 11) is 0. The molecule has 53 heavy (non-hydrogen) atoms. The summed E-state index contributed by atoms with van der Waals surface area (Å²) >= 11 is 0. The highest BCUT2D eigenvalue weighted by Crippen LogP contribution is 2.22. The lowest BCUT2D eigenvalue weighted by Crippen LogP contribution is -2.60. The fraction of sp³-hybridized carbons (Fsp3) is 0.568. The molecule has 0 saturated carbocycles. The van der Waals surface area contributed by atoms with Gasteiger partial charge in [0.25, 0.3) is 0 Å². The molecule has 0 aromatic rings. The number of nitrogens with one attached hydrogen (secondary N) is 1. The Balaban J connectivity index is 2.40. The van der Waals surface area contributed by atoms with Gasteiger partial charge in [0.2, 0.25) is 5.91 Å². The number of aliphatic hydroxyl groups is 5. The number of unbranched alkanes of at least 4 members (excludes halogenated alkanes) is 3. The van der Waals surface area contributed by atoms with Crippen LogP contribution in [-0.2, 0) is 14.3 Å². The molecule has 0 radical (unpaired) electrons. The van der Waals surface area contributed by atoms with Crippen LogP contribution in [0.1, 0.15) is 104 Å². The normalized spacial score (nSPS) is 22.9. The van der Waals surface area contributed by atoms with Crippen molar-refractivity contribution in [1.82, 2.24) is 5.32 Å². The lowest BCUT2D eigenvalue weighted by molar-refractivity contribution is -0.302. The summed E-state index contributed by atoms with van der Waals surface area (Å²) in [5.41, 5.74) is 0. The van der Waals surface area contributed by atoms with Gasteiger partial charge in [-0.25, -0.2) is 0 Å². The number of ether oxygens (including phenoxy) is 2. The van der Waals surface area contributed by atoms with E-state index in [1.165, 1.54) is 0 Å². The van der Waals surface area contributed by atoms with E-state index in [9.17, 15) is 30.3 Å². The topological polar surface area (TPSA) is 149 Å². The van der Waals surface area contributed by atoms with E-state index in [4.69, 9.17) is 9.47 Å². The van der Waals surface area contributed by atoms with Crippen molar-refractivity contribution in [2.45, 2.75) is 147 Å². The van der Waals surface area contributed by atoms with Crippen molar-refractivity contribution < 1.29 is 39.8 Å². The molecule has 1 aliphatic heterocycles. The van der Waals surface area contributed by atoms with E-state index < -0.39 is 49.5 Å². The largest absolute Gasteiger partial charge is 0.394 e. The van der Waals surface area contributed by atoms with Crippen molar-refractivity contribution in [2.75, 3.05) is 13.2 Å². The Morgan fingerprint density at radius 2 is 1.15 bits per heavy atom. The van der Waals surface area contributed by atoms with Crippen molar-refractivity contribution in [2.24, 2.45) is 0 Å². The molecule has 7 atom stereocenters. The molecule has 1 rings (SSSR count). The molecule has 1 aliphatic rings. The van der Waals surface area contributed by atoms with Crippen LogP contribution in [0.4, 0.5) is 0 Å². The average molecular weight is 740 g/mol. The summed E-state index contributed by atoms with van der Waals surface area (Å²) < 4.78 is 11.1. The van der Waals surface area contributed by atoms with Crippen LogP contribution < -0.4 is 5.32 Å². The first-order chi connectivity index (χ1) is 25.8. The third kappa shape index (κ3) is 24.7. The van der Waals surface area contributed by atoms with E-state index in [1.807, 2.05) is 6.08 Å². The van der Waals surface area contributed by atoms with Gasteiger partial charge in [-0.05, 0) is 77.0 Å². The first kappa shape index (κ1) is 47.9. The highest BCUT2D eigenvalue weighted by molar-refractivity contribution is 5.76. The van der Waals surface area contributed by atoms with Gasteiger partial charge in [0.1, 0.15) is 24.4 Å². The Hall–Kier alpha value is -3.15. The molecule has 7 unspecified atom stereocenters. The smallest absolute Gasteiger partial charge is 0.220 e. The Bertz CT molecular complexity index is 1180. The molecular weight excluding hydrogens is 670 g/mol. The molecule has 0 bridgehead atoms. The third-order valence-electron chi connectivity index (χ3n) is 8.31. The molecule has 1 fully saturated rings. The zero-order valence-electron chi connectivity index (χ0n) is 32.2. The minimum absolute atomic E-state index is 0.234. The maximum absolute atomic E-state index is 12.8. The average Bonchev–Trinajstić information content (AvgIpc) is 3.16. The van der Waals surface area contributed by atoms with Gasteiger partial charge in [0, 0.05) is 6.42 Å². The molecule has 1 saturated heterocycles. The Kier molecular flexibility index (Phi) is 30.2. The van der Waals surface area contributed by atoms with Gasteiger partial charge in [-0.3, -0.25) is 4.79 Å². The van der Waals surface area contributed by atoms with Gasteiger partial charge < -0.3 is 40.3 Å². The number of amides is 1. The van der Waals surface area contributed by atoms with Gasteiger partial charge in [0.15, 0.2) is 6.29 Å². The van der Waals surface area contributed by atoms with Crippen molar-refractivity contribution in [3.63, 3.8) is 0 Å². The number of carbonyl (C=O) groups excluding carboxylic acids is 1. The second-order valence-electron chi connectivity index (χ2n) is 13.0. The lowest BCUT2D eigenvalue weighted by Gasteiger charge is -2.40. The molecule has 0 spiro atoms. The number of rotatable bonds is 29. The van der Waals surface area contributed by atoms with Crippen LogP contribution in [0.2, 0.25) is 0 Å². The molecule has 0 aromatic heterocycles. The molecular formula is C44H69NO8. The highest BCUT2D eigenvalue weighted by Gasteiger charge is 2.44. The van der Waals surface area contributed by atoms with Gasteiger partial charge in [-0.2, -0.15) is 0 Å². The molecule has 0 aliphatic carbocycles. The summed E-state index contributed by atoms with van der Waals surface area (Å²) in [4.78, 5) is 12.8. The van der Waals surface area contributed by atoms with Crippen LogP contribution in [0.3, 0.4) is 0 Å². The van der Waals surface area contributed by atoms with Crippen LogP contribution in [0.25, 0.3) is 0 Å². The van der Waals surface area contributed by atoms with E-state index in [0.717, 1.165) is 77.0 Å². The van der Waals surface area contributed by atoms with Gasteiger partial charge in [-0.15, -0.1) is 0 Å². The minimum atomic E-state index is -1.59. The Morgan fingerprint density at radius 3 is 1.68 bits per heavy atom. The molecule has 9 heteroatoms. The minimum Gasteiger partial charge on any atom is -0.394 e. The summed E-state index contributed by atoms with van der Waals surface area (Å²) in [6.07, 6.45) is 41.7. The van der Waals surface area contributed by atoms with E-state index in [1.54, 1.807) is 6.08 Å². The quantitative estimate of drug-likeness (QED) is 0.0350. The number of allylic oxidation sites excluding steroid dienone is 17. The summed E-state index contributed by atoms with van der Waals surface area (Å²) in [5.74, 6) is -0.257. The summed E-state index contributed by atoms with van der Waals surface area (Å²) in [6.45, 7) is 3.44. The second kappa shape index (κ2) is 33.4. The number of carbonyl (C=O) groups is 1. The first-order valence-electron chi connectivity index (χ1n) is 19.6. The van der Waals surface area contributed by atoms with Gasteiger partial charge in [0.05, 0.1) is 25.4 Å². The first-order valence-corrected chi connectivity index (χ1v) is 19.6. The number of hydrogen-bond acceptors (Lipinski definition) is 8. The maximum Gasteiger partial charge on any atom is 0.220 e. The van der Waals surface area contributed by atoms with Crippen LogP contribution in [0, 0.1) is 0 Å². The zero-order valence-corrected chi connectivity index (χ0v) is 32.2. The van der Waals surface area contributed by atoms with Crippen LogP contribution in [0.5, 0.6) is 0 Å². The van der Waals surface area contributed by atoms with Crippen LogP contribution >= 0.6 is 0 Å². The number of hydrogen-bond donors (Lipinski definition) is 6. The van der Waals surface area contributed by atoms with E-state index >= 15 is 0 Å². The van der Waals surface area contributed by atoms with Crippen molar-refractivity contribution >= 4 is 5.91 Å². The lowest BCUT2D eigenvalue weighted by atomic mass is 9.99. The van der Waals surface area contributed by atoms with Crippen molar-refractivity contribution in [3.8, 4) is 0 Å². The summed E-state index contributed by atoms with van der Waals surface area (Å²) in [6, 6.07) is -0.856. The third-order valence-corrected chi connectivity index (χ3v) is 8.31. The molecule has 9 nitrogen and oxygen atoms in total. The maximum atomic E-state index is 12.8. The predicted octanol–water partition coefficient (Wildman–Crippen LogP) is 7.16.